The van der Waals surface area contributed by atoms with Crippen molar-refractivity contribution in [3.05, 3.63) is 29.8 Å². The second-order valence-electron chi connectivity index (χ2n) is 4.72. The van der Waals surface area contributed by atoms with Crippen LogP contribution in [0.25, 0.3) is 0 Å². The number of sulfone groups is 1. The summed E-state index contributed by atoms with van der Waals surface area (Å²) in [5.74, 6) is -3.93. The largest absolute Gasteiger partial charge is 0.480 e. The Morgan fingerprint density at radius 3 is 2.35 bits per heavy atom. The Morgan fingerprint density at radius 2 is 1.80 bits per heavy atom. The number of carboxylic acids is 1. The van der Waals surface area contributed by atoms with Crippen LogP contribution in [-0.2, 0) is 19.4 Å². The van der Waals surface area contributed by atoms with Crippen molar-refractivity contribution in [1.82, 2.24) is 0 Å². The molecule has 0 atom stereocenters. The summed E-state index contributed by atoms with van der Waals surface area (Å²) in [4.78, 5) is 22.1. The fraction of sp³-hybridized carbons (Fsp3) is 0.385. The summed E-state index contributed by atoms with van der Waals surface area (Å²) in [5, 5.41) is 11.0. The number of hydrogen-bond acceptors (Lipinski definition) is 4. The van der Waals surface area contributed by atoms with Gasteiger partial charge in [0.1, 0.15) is 11.5 Å². The second-order valence-corrected chi connectivity index (χ2v) is 6.78. The van der Waals surface area contributed by atoms with Crippen LogP contribution in [0, 0.1) is 0 Å². The first-order valence-electron chi connectivity index (χ1n) is 6.02. The monoisotopic (exact) mass is 299 g/mol. The molecule has 0 heterocycles. The van der Waals surface area contributed by atoms with E-state index in [1.807, 2.05) is 26.0 Å². The number of aliphatic carboxylic acids is 1. The minimum atomic E-state index is -3.94. The lowest BCUT2D eigenvalue weighted by Gasteiger charge is -2.13. The van der Waals surface area contributed by atoms with Gasteiger partial charge in [0.2, 0.25) is 5.91 Å². The van der Waals surface area contributed by atoms with Crippen molar-refractivity contribution in [1.29, 1.82) is 0 Å². The van der Waals surface area contributed by atoms with Crippen LogP contribution < -0.4 is 5.32 Å². The molecule has 0 unspecified atom stereocenters. The summed E-state index contributed by atoms with van der Waals surface area (Å²) in [6.07, 6.45) is 0. The molecule has 0 fully saturated rings. The molecule has 1 rings (SSSR count). The highest BCUT2D eigenvalue weighted by Gasteiger charge is 2.21. The van der Waals surface area contributed by atoms with E-state index >= 15 is 0 Å². The number of para-hydroxylation sites is 1. The van der Waals surface area contributed by atoms with Gasteiger partial charge in [0.05, 0.1) is 0 Å². The molecule has 0 aromatic heterocycles. The van der Waals surface area contributed by atoms with Gasteiger partial charge in [-0.3, -0.25) is 9.59 Å². The van der Waals surface area contributed by atoms with E-state index in [1.54, 1.807) is 12.1 Å². The summed E-state index contributed by atoms with van der Waals surface area (Å²) in [5.41, 5.74) is 1.43. The molecule has 2 N–H and O–H groups in total. The van der Waals surface area contributed by atoms with E-state index in [0.29, 0.717) is 5.69 Å². The van der Waals surface area contributed by atoms with Crippen LogP contribution in [0.4, 0.5) is 5.69 Å². The zero-order valence-electron chi connectivity index (χ0n) is 11.3. The summed E-state index contributed by atoms with van der Waals surface area (Å²) < 4.78 is 22.8. The van der Waals surface area contributed by atoms with Gasteiger partial charge in [-0.05, 0) is 17.5 Å². The molecule has 110 valence electrons. The Bertz CT molecular complexity index is 607. The predicted molar refractivity (Wildman–Crippen MR) is 75.5 cm³/mol. The molecule has 0 radical (unpaired) electrons. The second kappa shape index (κ2) is 6.51. The molecule has 1 aromatic rings. The molecule has 20 heavy (non-hydrogen) atoms. The molecule has 0 aliphatic carbocycles. The van der Waals surface area contributed by atoms with Gasteiger partial charge < -0.3 is 10.4 Å². The van der Waals surface area contributed by atoms with E-state index in [0.717, 1.165) is 5.56 Å². The van der Waals surface area contributed by atoms with Gasteiger partial charge in [0.15, 0.2) is 9.84 Å². The topological polar surface area (TPSA) is 101 Å². The zero-order chi connectivity index (χ0) is 15.3. The van der Waals surface area contributed by atoms with E-state index in [9.17, 15) is 18.0 Å². The highest BCUT2D eigenvalue weighted by Crippen LogP contribution is 2.23. The van der Waals surface area contributed by atoms with Crippen LogP contribution in [0.2, 0.25) is 0 Å². The third kappa shape index (κ3) is 5.00. The highest BCUT2D eigenvalue weighted by atomic mass is 32.2. The molecule has 0 spiro atoms. The Morgan fingerprint density at radius 1 is 1.20 bits per heavy atom. The average Bonchev–Trinajstić information content (AvgIpc) is 2.26. The molecule has 0 saturated carbocycles. The zero-order valence-corrected chi connectivity index (χ0v) is 12.1. The maximum atomic E-state index is 11.7. The Balaban J connectivity index is 2.80. The van der Waals surface area contributed by atoms with Crippen LogP contribution >= 0.6 is 0 Å². The number of carbonyl (C=O) groups excluding carboxylic acids is 1. The Hall–Kier alpha value is -1.89. The van der Waals surface area contributed by atoms with Crippen molar-refractivity contribution < 1.29 is 23.1 Å². The number of rotatable bonds is 6. The number of hydrogen-bond donors (Lipinski definition) is 2. The van der Waals surface area contributed by atoms with E-state index in [1.165, 1.54) is 0 Å². The molecule has 0 saturated heterocycles. The van der Waals surface area contributed by atoms with Gasteiger partial charge >= 0.3 is 5.97 Å². The molecule has 0 aliphatic heterocycles. The molecule has 0 aliphatic rings. The van der Waals surface area contributed by atoms with Gasteiger partial charge in [0, 0.05) is 5.69 Å². The standard InChI is InChI=1S/C13H17NO5S/c1-9(2)10-5-3-4-6-11(10)14-12(15)7-20(18,19)8-13(16)17/h3-6,9H,7-8H2,1-2H3,(H,14,15)(H,16,17). The number of carboxylic acid groups (broad SMARTS) is 1. The smallest absolute Gasteiger partial charge is 0.318 e. The van der Waals surface area contributed by atoms with Crippen molar-refractivity contribution in [2.45, 2.75) is 19.8 Å². The van der Waals surface area contributed by atoms with Crippen LogP contribution in [0.1, 0.15) is 25.3 Å². The van der Waals surface area contributed by atoms with Crippen molar-refractivity contribution in [2.75, 3.05) is 16.8 Å². The maximum Gasteiger partial charge on any atom is 0.318 e. The van der Waals surface area contributed by atoms with E-state index in [4.69, 9.17) is 5.11 Å². The van der Waals surface area contributed by atoms with Gasteiger partial charge in [-0.1, -0.05) is 32.0 Å². The van der Waals surface area contributed by atoms with Gasteiger partial charge in [-0.15, -0.1) is 0 Å². The lowest BCUT2D eigenvalue weighted by atomic mass is 10.0. The van der Waals surface area contributed by atoms with Crippen molar-refractivity contribution in [2.24, 2.45) is 0 Å². The van der Waals surface area contributed by atoms with Gasteiger partial charge in [0.25, 0.3) is 0 Å². The fourth-order valence-electron chi connectivity index (χ4n) is 1.74. The molecular weight excluding hydrogens is 282 g/mol. The molecule has 0 bridgehead atoms. The summed E-state index contributed by atoms with van der Waals surface area (Å²) >= 11 is 0. The van der Waals surface area contributed by atoms with Crippen LogP contribution in [0.5, 0.6) is 0 Å². The highest BCUT2D eigenvalue weighted by molar-refractivity contribution is 7.92. The predicted octanol–water partition coefficient (Wildman–Crippen LogP) is 1.25. The van der Waals surface area contributed by atoms with Crippen LogP contribution in [0.3, 0.4) is 0 Å². The normalized spacial score (nSPS) is 11.3. The Labute approximate surface area is 117 Å². The quantitative estimate of drug-likeness (QED) is 0.823. The minimum absolute atomic E-state index is 0.169. The molecule has 1 aromatic carbocycles. The third-order valence-electron chi connectivity index (χ3n) is 2.55. The molecule has 7 heteroatoms. The summed E-state index contributed by atoms with van der Waals surface area (Å²) in [7, 11) is -3.94. The summed E-state index contributed by atoms with van der Waals surface area (Å²) in [6.45, 7) is 3.90. The van der Waals surface area contributed by atoms with E-state index < -0.39 is 33.2 Å². The average molecular weight is 299 g/mol. The van der Waals surface area contributed by atoms with E-state index in [-0.39, 0.29) is 5.92 Å². The third-order valence-corrected chi connectivity index (χ3v) is 3.94. The van der Waals surface area contributed by atoms with Crippen molar-refractivity contribution >= 4 is 27.4 Å². The van der Waals surface area contributed by atoms with Crippen LogP contribution in [-0.4, -0.2) is 36.9 Å². The van der Waals surface area contributed by atoms with Crippen LogP contribution in [0.15, 0.2) is 24.3 Å². The van der Waals surface area contributed by atoms with Gasteiger partial charge in [-0.2, -0.15) is 0 Å². The maximum absolute atomic E-state index is 11.7. The number of anilines is 1. The lowest BCUT2D eigenvalue weighted by molar-refractivity contribution is -0.134. The minimum Gasteiger partial charge on any atom is -0.480 e. The first-order chi connectivity index (χ1) is 9.21. The SMILES string of the molecule is CC(C)c1ccccc1NC(=O)CS(=O)(=O)CC(=O)O. The Kier molecular flexibility index (Phi) is 5.26. The first-order valence-corrected chi connectivity index (χ1v) is 7.84. The van der Waals surface area contributed by atoms with Gasteiger partial charge in [-0.25, -0.2) is 8.42 Å². The van der Waals surface area contributed by atoms with Crippen molar-refractivity contribution in [3.63, 3.8) is 0 Å². The first kappa shape index (κ1) is 16.2. The number of amides is 1. The van der Waals surface area contributed by atoms with Crippen molar-refractivity contribution in [3.8, 4) is 0 Å². The number of nitrogens with one attached hydrogen (secondary N) is 1. The van der Waals surface area contributed by atoms with E-state index in [2.05, 4.69) is 5.32 Å². The molecular formula is C13H17NO5S. The number of benzene rings is 1. The summed E-state index contributed by atoms with van der Waals surface area (Å²) in [6, 6.07) is 7.07. The lowest BCUT2D eigenvalue weighted by Crippen LogP contribution is -2.27. The number of carbonyl (C=O) groups is 2. The molecule has 1 amide bonds. The molecule has 6 nitrogen and oxygen atoms in total. The fourth-order valence-corrected chi connectivity index (χ4v) is 2.69.